The molecule has 1 aromatic carbocycles. The zero-order valence-electron chi connectivity index (χ0n) is 11.4. The fraction of sp³-hybridized carbons (Fsp3) is 0.600. The van der Waals surface area contributed by atoms with Gasteiger partial charge in [-0.15, -0.1) is 0 Å². The molecule has 2 heteroatoms. The van der Waals surface area contributed by atoms with Gasteiger partial charge in [-0.05, 0) is 57.4 Å². The van der Waals surface area contributed by atoms with Crippen LogP contribution in [0, 0.1) is 5.92 Å². The molecule has 0 spiro atoms. The molecule has 0 saturated carbocycles. The highest BCUT2D eigenvalue weighted by molar-refractivity contribution is 6.30. The highest BCUT2D eigenvalue weighted by Crippen LogP contribution is 2.16. The maximum Gasteiger partial charge on any atom is 0.0408 e. The van der Waals surface area contributed by atoms with E-state index in [0.717, 1.165) is 18.0 Å². The average Bonchev–Trinajstić information content (AvgIpc) is 2.23. The van der Waals surface area contributed by atoms with Crippen LogP contribution in [0.5, 0.6) is 0 Å². The lowest BCUT2D eigenvalue weighted by molar-refractivity contribution is 0.363. The van der Waals surface area contributed by atoms with Crippen LogP contribution in [0.25, 0.3) is 0 Å². The lowest BCUT2D eigenvalue weighted by atomic mass is 9.95. The fourth-order valence-corrected chi connectivity index (χ4v) is 2.02. The second-order valence-electron chi connectivity index (χ2n) is 5.74. The van der Waals surface area contributed by atoms with Gasteiger partial charge >= 0.3 is 0 Å². The zero-order valence-corrected chi connectivity index (χ0v) is 12.1. The molecule has 0 radical (unpaired) electrons. The summed E-state index contributed by atoms with van der Waals surface area (Å²) >= 11 is 6.01. The van der Waals surface area contributed by atoms with E-state index in [1.54, 1.807) is 0 Å². The van der Waals surface area contributed by atoms with E-state index < -0.39 is 0 Å². The monoisotopic (exact) mass is 253 g/mol. The van der Waals surface area contributed by atoms with Crippen LogP contribution in [0.2, 0.25) is 5.02 Å². The first-order valence-corrected chi connectivity index (χ1v) is 6.78. The number of hydrogen-bond acceptors (Lipinski definition) is 1. The Kier molecular flexibility index (Phi) is 5.48. The Hall–Kier alpha value is -0.530. The molecule has 1 unspecified atom stereocenters. The topological polar surface area (TPSA) is 12.0 Å². The Bertz CT molecular complexity index is 341. The lowest BCUT2D eigenvalue weighted by Gasteiger charge is -2.24. The van der Waals surface area contributed by atoms with Crippen LogP contribution in [0.1, 0.15) is 39.7 Å². The summed E-state index contributed by atoms with van der Waals surface area (Å²) < 4.78 is 0. The number of rotatable bonds is 5. The number of benzene rings is 1. The molecule has 0 heterocycles. The molecule has 0 aliphatic carbocycles. The van der Waals surface area contributed by atoms with E-state index in [0.29, 0.717) is 5.92 Å². The third kappa shape index (κ3) is 6.09. The van der Waals surface area contributed by atoms with Gasteiger partial charge in [0.1, 0.15) is 0 Å². The third-order valence-corrected chi connectivity index (χ3v) is 3.15. The van der Waals surface area contributed by atoms with Crippen LogP contribution in [0.15, 0.2) is 24.3 Å². The van der Waals surface area contributed by atoms with Crippen LogP contribution in [-0.2, 0) is 6.42 Å². The van der Waals surface area contributed by atoms with Crippen molar-refractivity contribution in [3.63, 3.8) is 0 Å². The van der Waals surface area contributed by atoms with Gasteiger partial charge in [-0.2, -0.15) is 0 Å². The normalized spacial score (nSPS) is 13.7. The van der Waals surface area contributed by atoms with E-state index in [4.69, 9.17) is 11.6 Å². The summed E-state index contributed by atoms with van der Waals surface area (Å²) in [6.07, 6.45) is 2.29. The molecule has 1 atom stereocenters. The van der Waals surface area contributed by atoms with Crippen LogP contribution in [0.4, 0.5) is 0 Å². The summed E-state index contributed by atoms with van der Waals surface area (Å²) in [6, 6.07) is 8.19. The van der Waals surface area contributed by atoms with E-state index in [1.165, 1.54) is 12.0 Å². The van der Waals surface area contributed by atoms with Crippen molar-refractivity contribution >= 4 is 11.6 Å². The summed E-state index contributed by atoms with van der Waals surface area (Å²) in [6.45, 7) is 9.93. The summed E-state index contributed by atoms with van der Waals surface area (Å²) in [5.74, 6) is 0.674. The molecule has 0 aromatic heterocycles. The van der Waals surface area contributed by atoms with E-state index >= 15 is 0 Å². The highest BCUT2D eigenvalue weighted by atomic mass is 35.5. The molecule has 1 N–H and O–H groups in total. The van der Waals surface area contributed by atoms with Gasteiger partial charge < -0.3 is 5.32 Å². The van der Waals surface area contributed by atoms with Crippen LogP contribution >= 0.6 is 11.6 Å². The number of halogens is 1. The largest absolute Gasteiger partial charge is 0.312 e. The Morgan fingerprint density at radius 1 is 1.29 bits per heavy atom. The SMILES string of the molecule is CCC(CNC(C)(C)C)Cc1cccc(Cl)c1. The number of hydrogen-bond donors (Lipinski definition) is 1. The predicted molar refractivity (Wildman–Crippen MR) is 76.7 cm³/mol. The molecule has 1 rings (SSSR count). The van der Waals surface area contributed by atoms with Crippen molar-refractivity contribution in [1.82, 2.24) is 5.32 Å². The van der Waals surface area contributed by atoms with Gasteiger partial charge in [0.2, 0.25) is 0 Å². The van der Waals surface area contributed by atoms with Crippen molar-refractivity contribution in [3.8, 4) is 0 Å². The Morgan fingerprint density at radius 2 is 2.00 bits per heavy atom. The molecular weight excluding hydrogens is 230 g/mol. The third-order valence-electron chi connectivity index (χ3n) is 2.91. The quantitative estimate of drug-likeness (QED) is 0.825. The van der Waals surface area contributed by atoms with Crippen molar-refractivity contribution < 1.29 is 0 Å². The van der Waals surface area contributed by atoms with Gasteiger partial charge in [0, 0.05) is 10.6 Å². The van der Waals surface area contributed by atoms with Crippen molar-refractivity contribution in [2.24, 2.45) is 5.92 Å². The van der Waals surface area contributed by atoms with Gasteiger partial charge in [0.15, 0.2) is 0 Å². The van der Waals surface area contributed by atoms with Gasteiger partial charge in [0.25, 0.3) is 0 Å². The maximum absolute atomic E-state index is 6.01. The summed E-state index contributed by atoms with van der Waals surface area (Å²) in [7, 11) is 0. The van der Waals surface area contributed by atoms with Crippen LogP contribution < -0.4 is 5.32 Å². The average molecular weight is 254 g/mol. The molecule has 17 heavy (non-hydrogen) atoms. The van der Waals surface area contributed by atoms with E-state index in [9.17, 15) is 0 Å². The fourth-order valence-electron chi connectivity index (χ4n) is 1.81. The van der Waals surface area contributed by atoms with E-state index in [-0.39, 0.29) is 5.54 Å². The predicted octanol–water partition coefficient (Wildman–Crippen LogP) is 4.30. The highest BCUT2D eigenvalue weighted by Gasteiger charge is 2.13. The number of nitrogens with one attached hydrogen (secondary N) is 1. The van der Waals surface area contributed by atoms with Crippen LogP contribution in [-0.4, -0.2) is 12.1 Å². The van der Waals surface area contributed by atoms with E-state index in [1.807, 2.05) is 12.1 Å². The molecule has 0 bridgehead atoms. The van der Waals surface area contributed by atoms with E-state index in [2.05, 4.69) is 45.1 Å². The molecule has 1 nitrogen and oxygen atoms in total. The van der Waals surface area contributed by atoms with Crippen LogP contribution in [0.3, 0.4) is 0 Å². The standard InChI is InChI=1S/C15H24ClN/c1-5-12(11-17-15(2,3)4)9-13-7-6-8-14(16)10-13/h6-8,10,12,17H,5,9,11H2,1-4H3. The molecule has 0 amide bonds. The lowest BCUT2D eigenvalue weighted by Crippen LogP contribution is -2.39. The van der Waals surface area contributed by atoms with Gasteiger partial charge in [0.05, 0.1) is 0 Å². The molecule has 96 valence electrons. The molecule has 0 aliphatic rings. The summed E-state index contributed by atoms with van der Waals surface area (Å²) in [5.41, 5.74) is 1.53. The smallest absolute Gasteiger partial charge is 0.0408 e. The van der Waals surface area contributed by atoms with Gasteiger partial charge in [-0.1, -0.05) is 37.1 Å². The first-order valence-electron chi connectivity index (χ1n) is 6.40. The van der Waals surface area contributed by atoms with Crippen molar-refractivity contribution in [1.29, 1.82) is 0 Å². The Balaban J connectivity index is 2.52. The van der Waals surface area contributed by atoms with Crippen molar-refractivity contribution in [2.45, 2.75) is 46.1 Å². The Labute approximate surface area is 111 Å². The Morgan fingerprint density at radius 3 is 2.53 bits per heavy atom. The molecule has 0 fully saturated rings. The molecule has 0 aliphatic heterocycles. The molecule has 1 aromatic rings. The molecular formula is C15H24ClN. The summed E-state index contributed by atoms with van der Waals surface area (Å²) in [4.78, 5) is 0. The maximum atomic E-state index is 6.01. The van der Waals surface area contributed by atoms with Gasteiger partial charge in [-0.25, -0.2) is 0 Å². The minimum absolute atomic E-state index is 0.196. The minimum atomic E-state index is 0.196. The first kappa shape index (κ1) is 14.5. The molecule has 0 saturated heterocycles. The first-order chi connectivity index (χ1) is 7.90. The van der Waals surface area contributed by atoms with Crippen molar-refractivity contribution in [2.75, 3.05) is 6.54 Å². The van der Waals surface area contributed by atoms with Crippen molar-refractivity contribution in [3.05, 3.63) is 34.9 Å². The second kappa shape index (κ2) is 6.42. The zero-order chi connectivity index (χ0) is 12.9. The second-order valence-corrected chi connectivity index (χ2v) is 6.18. The summed E-state index contributed by atoms with van der Waals surface area (Å²) in [5, 5.41) is 4.41. The minimum Gasteiger partial charge on any atom is -0.312 e. The van der Waals surface area contributed by atoms with Gasteiger partial charge in [-0.3, -0.25) is 0 Å².